The Balaban J connectivity index is 1.68. The molecule has 10 nitrogen and oxygen atoms in total. The molecular formula is C12H14N6O4. The number of aromatic nitrogens is 2. The number of hydrogen-bond donors (Lipinski definition) is 3. The molecule has 0 aliphatic heterocycles. The van der Waals surface area contributed by atoms with Crippen molar-refractivity contribution in [2.24, 2.45) is 0 Å². The molecule has 1 heterocycles. The minimum absolute atomic E-state index is 0.0460. The predicted octanol–water partition coefficient (Wildman–Crippen LogP) is 0.0796. The second kappa shape index (κ2) is 7.13. The second-order valence-corrected chi connectivity index (χ2v) is 4.35. The van der Waals surface area contributed by atoms with Gasteiger partial charge in [0.1, 0.15) is 0 Å². The number of carbonyl (C=O) groups is 1. The van der Waals surface area contributed by atoms with E-state index in [2.05, 4.69) is 25.6 Å². The maximum Gasteiger partial charge on any atom is 0.277 e. The molecule has 0 saturated carbocycles. The summed E-state index contributed by atoms with van der Waals surface area (Å²) >= 11 is 0. The van der Waals surface area contributed by atoms with Gasteiger partial charge in [-0.1, -0.05) is 12.1 Å². The smallest absolute Gasteiger partial charge is 0.277 e. The summed E-state index contributed by atoms with van der Waals surface area (Å²) in [5, 5.41) is 22.9. The SMILES string of the molecule is Nc1nonc1C(=O)NCCNCc1ccc([N+](=O)[O-])cc1. The van der Waals surface area contributed by atoms with Crippen LogP contribution in [0.15, 0.2) is 28.9 Å². The zero-order valence-corrected chi connectivity index (χ0v) is 11.5. The van der Waals surface area contributed by atoms with Crippen LogP contribution in [0.25, 0.3) is 0 Å². The van der Waals surface area contributed by atoms with Gasteiger partial charge in [0, 0.05) is 31.8 Å². The Bertz CT molecular complexity index is 654. The molecule has 0 fully saturated rings. The highest BCUT2D eigenvalue weighted by molar-refractivity contribution is 5.95. The first kappa shape index (κ1) is 15.4. The number of anilines is 1. The van der Waals surface area contributed by atoms with Crippen LogP contribution in [0, 0.1) is 10.1 Å². The maximum absolute atomic E-state index is 11.6. The minimum atomic E-state index is -0.462. The quantitative estimate of drug-likeness (QED) is 0.370. The third kappa shape index (κ3) is 3.99. The molecule has 0 atom stereocenters. The highest BCUT2D eigenvalue weighted by Gasteiger charge is 2.14. The zero-order chi connectivity index (χ0) is 15.9. The van der Waals surface area contributed by atoms with E-state index in [1.807, 2.05) is 0 Å². The Labute approximate surface area is 124 Å². The number of carbonyl (C=O) groups excluding carboxylic acids is 1. The normalized spacial score (nSPS) is 10.4. The third-order valence-electron chi connectivity index (χ3n) is 2.79. The molecule has 1 aromatic heterocycles. The lowest BCUT2D eigenvalue weighted by Gasteiger charge is -2.06. The van der Waals surface area contributed by atoms with E-state index in [4.69, 9.17) is 5.73 Å². The summed E-state index contributed by atoms with van der Waals surface area (Å²) in [6.45, 7) is 1.40. The fourth-order valence-corrected chi connectivity index (χ4v) is 1.67. The van der Waals surface area contributed by atoms with Crippen LogP contribution in [0.2, 0.25) is 0 Å². The van der Waals surface area contributed by atoms with Gasteiger partial charge in [0.15, 0.2) is 0 Å². The lowest BCUT2D eigenvalue weighted by atomic mass is 10.2. The zero-order valence-electron chi connectivity index (χ0n) is 11.5. The van der Waals surface area contributed by atoms with E-state index in [1.165, 1.54) is 12.1 Å². The lowest BCUT2D eigenvalue weighted by Crippen LogP contribution is -2.32. The van der Waals surface area contributed by atoms with Crippen molar-refractivity contribution in [2.45, 2.75) is 6.54 Å². The first-order chi connectivity index (χ1) is 10.6. The van der Waals surface area contributed by atoms with Gasteiger partial charge in [-0.15, -0.1) is 0 Å². The molecule has 2 rings (SSSR count). The van der Waals surface area contributed by atoms with Gasteiger partial charge in [0.25, 0.3) is 11.6 Å². The molecule has 0 aliphatic rings. The lowest BCUT2D eigenvalue weighted by molar-refractivity contribution is -0.384. The summed E-state index contributed by atoms with van der Waals surface area (Å²) in [5.41, 5.74) is 6.30. The standard InChI is InChI=1S/C12H14N6O4/c13-11-10(16-22-17-11)12(19)15-6-5-14-7-8-1-3-9(4-2-8)18(20)21/h1-4,14H,5-7H2,(H2,13,17)(H,15,19). The van der Waals surface area contributed by atoms with Crippen molar-refractivity contribution in [3.05, 3.63) is 45.6 Å². The molecular weight excluding hydrogens is 292 g/mol. The number of hydrogen-bond acceptors (Lipinski definition) is 8. The monoisotopic (exact) mass is 306 g/mol. The molecule has 0 spiro atoms. The Hall–Kier alpha value is -3.01. The van der Waals surface area contributed by atoms with Crippen molar-refractivity contribution < 1.29 is 14.3 Å². The largest absolute Gasteiger partial charge is 0.379 e. The first-order valence-corrected chi connectivity index (χ1v) is 6.38. The van der Waals surface area contributed by atoms with Crippen LogP contribution < -0.4 is 16.4 Å². The number of nitro groups is 1. The molecule has 0 aliphatic carbocycles. The summed E-state index contributed by atoms with van der Waals surface area (Å²) in [5.74, 6) is -0.521. The molecule has 0 unspecified atom stereocenters. The first-order valence-electron chi connectivity index (χ1n) is 6.38. The van der Waals surface area contributed by atoms with Crippen LogP contribution in [0.4, 0.5) is 11.5 Å². The summed E-state index contributed by atoms with van der Waals surface area (Å²) in [6.07, 6.45) is 0. The van der Waals surface area contributed by atoms with Crippen LogP contribution in [-0.2, 0) is 6.54 Å². The van der Waals surface area contributed by atoms with Gasteiger partial charge in [-0.05, 0) is 15.9 Å². The van der Waals surface area contributed by atoms with Crippen molar-refractivity contribution in [1.29, 1.82) is 0 Å². The maximum atomic E-state index is 11.6. The molecule has 116 valence electrons. The average Bonchev–Trinajstić information content (AvgIpc) is 2.93. The number of benzene rings is 1. The van der Waals surface area contributed by atoms with Crippen LogP contribution in [0.3, 0.4) is 0 Å². The predicted molar refractivity (Wildman–Crippen MR) is 75.8 cm³/mol. The molecule has 0 radical (unpaired) electrons. The molecule has 0 bridgehead atoms. The van der Waals surface area contributed by atoms with Crippen molar-refractivity contribution in [1.82, 2.24) is 20.9 Å². The minimum Gasteiger partial charge on any atom is -0.379 e. The highest BCUT2D eigenvalue weighted by Crippen LogP contribution is 2.11. The summed E-state index contributed by atoms with van der Waals surface area (Å²) in [6, 6.07) is 6.23. The van der Waals surface area contributed by atoms with E-state index in [0.717, 1.165) is 5.56 Å². The third-order valence-corrected chi connectivity index (χ3v) is 2.79. The fourth-order valence-electron chi connectivity index (χ4n) is 1.67. The Kier molecular flexibility index (Phi) is 4.98. The second-order valence-electron chi connectivity index (χ2n) is 4.35. The van der Waals surface area contributed by atoms with E-state index >= 15 is 0 Å². The summed E-state index contributed by atoms with van der Waals surface area (Å²) < 4.78 is 4.33. The van der Waals surface area contributed by atoms with E-state index in [-0.39, 0.29) is 17.2 Å². The molecule has 1 amide bonds. The number of nitrogens with two attached hydrogens (primary N) is 1. The van der Waals surface area contributed by atoms with Crippen molar-refractivity contribution in [2.75, 3.05) is 18.8 Å². The van der Waals surface area contributed by atoms with Gasteiger partial charge >= 0.3 is 0 Å². The van der Waals surface area contributed by atoms with Gasteiger partial charge < -0.3 is 16.4 Å². The molecule has 22 heavy (non-hydrogen) atoms. The van der Waals surface area contributed by atoms with Crippen LogP contribution >= 0.6 is 0 Å². The van der Waals surface area contributed by atoms with Crippen LogP contribution in [-0.4, -0.2) is 34.2 Å². The number of amides is 1. The van der Waals surface area contributed by atoms with Gasteiger partial charge in [-0.2, -0.15) is 0 Å². The van der Waals surface area contributed by atoms with Crippen molar-refractivity contribution >= 4 is 17.4 Å². The van der Waals surface area contributed by atoms with E-state index in [0.29, 0.717) is 19.6 Å². The number of nitrogen functional groups attached to an aromatic ring is 1. The van der Waals surface area contributed by atoms with Crippen LogP contribution in [0.5, 0.6) is 0 Å². The number of nitrogens with one attached hydrogen (secondary N) is 2. The van der Waals surface area contributed by atoms with Crippen molar-refractivity contribution in [3.63, 3.8) is 0 Å². The topological polar surface area (TPSA) is 149 Å². The van der Waals surface area contributed by atoms with Gasteiger partial charge in [-0.25, -0.2) is 4.63 Å². The van der Waals surface area contributed by atoms with E-state index < -0.39 is 10.8 Å². The highest BCUT2D eigenvalue weighted by atomic mass is 16.6. The van der Waals surface area contributed by atoms with Crippen LogP contribution in [0.1, 0.15) is 16.1 Å². The number of rotatable bonds is 7. The molecule has 4 N–H and O–H groups in total. The summed E-state index contributed by atoms with van der Waals surface area (Å²) in [4.78, 5) is 21.7. The molecule has 2 aromatic rings. The summed E-state index contributed by atoms with van der Waals surface area (Å²) in [7, 11) is 0. The fraction of sp³-hybridized carbons (Fsp3) is 0.250. The van der Waals surface area contributed by atoms with E-state index in [9.17, 15) is 14.9 Å². The van der Waals surface area contributed by atoms with Gasteiger partial charge in [0.05, 0.1) is 4.92 Å². The number of nitrogens with zero attached hydrogens (tertiary/aromatic N) is 3. The van der Waals surface area contributed by atoms with Gasteiger partial charge in [-0.3, -0.25) is 14.9 Å². The molecule has 1 aromatic carbocycles. The van der Waals surface area contributed by atoms with Crippen molar-refractivity contribution in [3.8, 4) is 0 Å². The molecule has 0 saturated heterocycles. The average molecular weight is 306 g/mol. The Morgan fingerprint density at radius 2 is 2.00 bits per heavy atom. The van der Waals surface area contributed by atoms with Gasteiger partial charge in [0.2, 0.25) is 11.5 Å². The Morgan fingerprint density at radius 3 is 2.59 bits per heavy atom. The number of nitro benzene ring substituents is 1. The van der Waals surface area contributed by atoms with E-state index in [1.54, 1.807) is 12.1 Å². The Morgan fingerprint density at radius 1 is 1.27 bits per heavy atom. The number of non-ortho nitro benzene ring substituents is 1. The molecule has 10 heteroatoms.